The van der Waals surface area contributed by atoms with Gasteiger partial charge in [0, 0.05) is 37.2 Å². The Labute approximate surface area is 320 Å². The summed E-state index contributed by atoms with van der Waals surface area (Å²) >= 11 is 1.89. The molecular weight excluding hydrogens is 671 g/mol. The van der Waals surface area contributed by atoms with E-state index in [-0.39, 0.29) is 5.41 Å². The first-order valence-corrected chi connectivity index (χ1v) is 20.8. The van der Waals surface area contributed by atoms with E-state index >= 15 is 0 Å². The van der Waals surface area contributed by atoms with E-state index in [1.807, 2.05) is 11.3 Å². The Morgan fingerprint density at radius 1 is 0.444 bits per heavy atom. The summed E-state index contributed by atoms with van der Waals surface area (Å²) in [5, 5.41) is 2.67. The lowest BCUT2D eigenvalue weighted by molar-refractivity contribution is 0.266. The number of rotatable bonds is 4. The lowest BCUT2D eigenvalue weighted by atomic mass is 9.70. The van der Waals surface area contributed by atoms with Gasteiger partial charge < -0.3 is 4.90 Å². The van der Waals surface area contributed by atoms with E-state index in [0.29, 0.717) is 5.41 Å². The van der Waals surface area contributed by atoms with Crippen LogP contribution in [0.5, 0.6) is 0 Å². The molecule has 2 heteroatoms. The zero-order chi connectivity index (χ0) is 35.2. The summed E-state index contributed by atoms with van der Waals surface area (Å²) in [4.78, 5) is 2.52. The van der Waals surface area contributed by atoms with Crippen LogP contribution >= 0.6 is 11.3 Å². The molecule has 1 aromatic heterocycles. The minimum absolute atomic E-state index is 0.336. The Morgan fingerprint density at radius 3 is 1.69 bits per heavy atom. The van der Waals surface area contributed by atoms with Crippen LogP contribution in [0.1, 0.15) is 59.9 Å². The van der Waals surface area contributed by atoms with Crippen LogP contribution in [-0.4, -0.2) is 0 Å². The van der Waals surface area contributed by atoms with Gasteiger partial charge in [0.1, 0.15) is 0 Å². The van der Waals surface area contributed by atoms with Gasteiger partial charge in [-0.05, 0) is 154 Å². The molecule has 4 bridgehead atoms. The molecule has 6 aliphatic rings. The van der Waals surface area contributed by atoms with Gasteiger partial charge in [-0.1, -0.05) is 109 Å². The SMILES string of the molecule is c1ccc2c(c1)-c1ccccc1C21c2ccccc2-c2cc(N(c3ccc(C45CC6CC(CC4C6)C5)cc3)c3ccc4sc5ccccc5c4c3)ccc21. The Kier molecular flexibility index (Phi) is 5.89. The molecule has 0 N–H and O–H groups in total. The fraction of sp³-hybridized carbons (Fsp3) is 0.192. The van der Waals surface area contributed by atoms with Crippen molar-refractivity contribution in [2.24, 2.45) is 17.8 Å². The summed E-state index contributed by atoms with van der Waals surface area (Å²) in [5.74, 6) is 2.77. The first-order chi connectivity index (χ1) is 26.7. The molecule has 0 amide bonds. The second-order valence-corrected chi connectivity index (χ2v) is 18.1. The fourth-order valence-electron chi connectivity index (χ4n) is 12.7. The summed E-state index contributed by atoms with van der Waals surface area (Å²) in [6, 6.07) is 60.6. The van der Waals surface area contributed by atoms with Gasteiger partial charge in [0.25, 0.3) is 0 Å². The lowest BCUT2D eigenvalue weighted by Gasteiger charge is -2.34. The van der Waals surface area contributed by atoms with Crippen LogP contribution in [0.15, 0.2) is 158 Å². The number of hydrogen-bond donors (Lipinski definition) is 0. The average molecular weight is 710 g/mol. The highest BCUT2D eigenvalue weighted by molar-refractivity contribution is 7.25. The van der Waals surface area contributed by atoms with Crippen LogP contribution in [0.2, 0.25) is 0 Å². The molecule has 8 aromatic rings. The van der Waals surface area contributed by atoms with Gasteiger partial charge in [-0.15, -0.1) is 11.3 Å². The van der Waals surface area contributed by atoms with Crippen LogP contribution in [-0.2, 0) is 10.8 Å². The van der Waals surface area contributed by atoms with Gasteiger partial charge in [0.05, 0.1) is 5.41 Å². The molecule has 1 spiro atoms. The predicted molar refractivity (Wildman–Crippen MR) is 226 cm³/mol. The van der Waals surface area contributed by atoms with Crippen LogP contribution in [0.25, 0.3) is 42.4 Å². The van der Waals surface area contributed by atoms with E-state index in [1.165, 1.54) is 114 Å². The highest BCUT2D eigenvalue weighted by Crippen LogP contribution is 2.66. The number of anilines is 3. The maximum atomic E-state index is 2.52. The highest BCUT2D eigenvalue weighted by atomic mass is 32.1. The molecule has 4 fully saturated rings. The number of hydrogen-bond acceptors (Lipinski definition) is 2. The molecule has 4 saturated carbocycles. The van der Waals surface area contributed by atoms with E-state index in [0.717, 1.165) is 17.8 Å². The monoisotopic (exact) mass is 709 g/mol. The number of benzene rings is 7. The van der Waals surface area contributed by atoms with Crippen molar-refractivity contribution in [3.8, 4) is 22.3 Å². The molecule has 54 heavy (non-hydrogen) atoms. The van der Waals surface area contributed by atoms with Crippen molar-refractivity contribution in [3.63, 3.8) is 0 Å². The summed E-state index contributed by atoms with van der Waals surface area (Å²) in [6.07, 6.45) is 7.18. The third kappa shape index (κ3) is 3.75. The topological polar surface area (TPSA) is 3.24 Å². The standard InChI is InChI=1S/C52H39NS/c1-5-13-45-39(9-1)40-10-2-6-14-46(40)52(45)47-15-7-3-11-41(47)43-28-37(21-23-48(43)52)53(38-22-24-50-44(29-38)42-12-4-8-16-49(42)54-50)36-19-17-34(18-20-36)51-30-32-25-33(31-51)27-35(51)26-32/h1-24,28-29,32-33,35H,25-27,30-31H2. The summed E-state index contributed by atoms with van der Waals surface area (Å²) in [7, 11) is 0. The first kappa shape index (κ1) is 29.9. The second kappa shape index (κ2) is 10.6. The summed E-state index contributed by atoms with van der Waals surface area (Å²) in [6.45, 7) is 0. The molecule has 6 aliphatic carbocycles. The zero-order valence-electron chi connectivity index (χ0n) is 30.1. The van der Waals surface area contributed by atoms with E-state index in [9.17, 15) is 0 Å². The molecule has 0 radical (unpaired) electrons. The normalized spacial score (nSPS) is 23.2. The molecule has 258 valence electrons. The molecular formula is C52H39NS. The molecule has 1 heterocycles. The van der Waals surface area contributed by atoms with E-state index in [1.54, 1.807) is 5.56 Å². The third-order valence-corrected chi connectivity index (χ3v) is 15.7. The van der Waals surface area contributed by atoms with E-state index < -0.39 is 0 Å². The van der Waals surface area contributed by atoms with Gasteiger partial charge in [-0.2, -0.15) is 0 Å². The average Bonchev–Trinajstić information content (AvgIpc) is 3.96. The highest BCUT2D eigenvalue weighted by Gasteiger charge is 2.58. The maximum absolute atomic E-state index is 2.52. The Hall–Kier alpha value is -5.44. The summed E-state index contributed by atoms with van der Waals surface area (Å²) in [5.41, 5.74) is 16.2. The molecule has 0 saturated heterocycles. The quantitative estimate of drug-likeness (QED) is 0.176. The minimum Gasteiger partial charge on any atom is -0.310 e. The maximum Gasteiger partial charge on any atom is 0.0725 e. The van der Waals surface area contributed by atoms with E-state index in [4.69, 9.17) is 0 Å². The van der Waals surface area contributed by atoms with Gasteiger partial charge in [-0.3, -0.25) is 0 Å². The first-order valence-electron chi connectivity index (χ1n) is 19.9. The molecule has 0 aliphatic heterocycles. The number of nitrogens with zero attached hydrogens (tertiary/aromatic N) is 1. The Morgan fingerprint density at radius 2 is 0.981 bits per heavy atom. The molecule has 2 atom stereocenters. The Balaban J connectivity index is 1.02. The van der Waals surface area contributed by atoms with Gasteiger partial charge in [0.15, 0.2) is 0 Å². The fourth-order valence-corrected chi connectivity index (χ4v) is 13.8. The van der Waals surface area contributed by atoms with Crippen LogP contribution in [0, 0.1) is 17.8 Å². The van der Waals surface area contributed by atoms with E-state index in [2.05, 4.69) is 163 Å². The van der Waals surface area contributed by atoms with Crippen molar-refractivity contribution in [2.45, 2.75) is 42.9 Å². The molecule has 7 aromatic carbocycles. The van der Waals surface area contributed by atoms with Crippen molar-refractivity contribution in [2.75, 3.05) is 4.90 Å². The molecule has 14 rings (SSSR count). The van der Waals surface area contributed by atoms with Crippen molar-refractivity contribution >= 4 is 48.6 Å². The third-order valence-electron chi connectivity index (χ3n) is 14.5. The van der Waals surface area contributed by atoms with Gasteiger partial charge >= 0.3 is 0 Å². The lowest BCUT2D eigenvalue weighted by Crippen LogP contribution is -2.27. The second-order valence-electron chi connectivity index (χ2n) is 17.0. The minimum atomic E-state index is -0.336. The summed E-state index contributed by atoms with van der Waals surface area (Å²) < 4.78 is 2.68. The van der Waals surface area contributed by atoms with Crippen molar-refractivity contribution in [3.05, 3.63) is 186 Å². The van der Waals surface area contributed by atoms with Gasteiger partial charge in [0.2, 0.25) is 0 Å². The predicted octanol–water partition coefficient (Wildman–Crippen LogP) is 13.9. The van der Waals surface area contributed by atoms with Crippen LogP contribution < -0.4 is 4.90 Å². The number of fused-ring (bicyclic) bond motifs is 13. The van der Waals surface area contributed by atoms with Crippen molar-refractivity contribution < 1.29 is 0 Å². The smallest absolute Gasteiger partial charge is 0.0725 e. The van der Waals surface area contributed by atoms with Crippen LogP contribution in [0.3, 0.4) is 0 Å². The van der Waals surface area contributed by atoms with Crippen LogP contribution in [0.4, 0.5) is 17.1 Å². The van der Waals surface area contributed by atoms with Gasteiger partial charge in [-0.25, -0.2) is 0 Å². The largest absolute Gasteiger partial charge is 0.310 e. The zero-order valence-corrected chi connectivity index (χ0v) is 31.0. The molecule has 1 nitrogen and oxygen atoms in total. The number of thiophene rings is 1. The molecule has 2 unspecified atom stereocenters. The van der Waals surface area contributed by atoms with Crippen molar-refractivity contribution in [1.82, 2.24) is 0 Å². The Bertz CT molecular complexity index is 2800. The van der Waals surface area contributed by atoms with Crippen molar-refractivity contribution in [1.29, 1.82) is 0 Å².